The Morgan fingerprint density at radius 1 is 1.62 bits per heavy atom. The molecule has 0 aromatic carbocycles. The number of rotatable bonds is 6. The number of carbonyl (C=O) groups is 1. The van der Waals surface area contributed by atoms with E-state index in [0.29, 0.717) is 6.54 Å². The summed E-state index contributed by atoms with van der Waals surface area (Å²) in [6.45, 7) is 8.40. The van der Waals surface area contributed by atoms with Crippen molar-refractivity contribution >= 4 is 5.91 Å². The van der Waals surface area contributed by atoms with E-state index in [1.807, 2.05) is 6.08 Å². The van der Waals surface area contributed by atoms with Gasteiger partial charge in [-0.25, -0.2) is 0 Å². The molecule has 0 spiro atoms. The van der Waals surface area contributed by atoms with Gasteiger partial charge in [0, 0.05) is 13.1 Å². The van der Waals surface area contributed by atoms with Crippen LogP contribution >= 0.6 is 0 Å². The first kappa shape index (κ1) is 13.2. The van der Waals surface area contributed by atoms with Crippen molar-refractivity contribution in [2.24, 2.45) is 5.41 Å². The van der Waals surface area contributed by atoms with Gasteiger partial charge < -0.3 is 10.6 Å². The highest BCUT2D eigenvalue weighted by molar-refractivity contribution is 5.83. The maximum absolute atomic E-state index is 12.2. The van der Waals surface area contributed by atoms with Gasteiger partial charge in [-0.15, -0.1) is 6.58 Å². The summed E-state index contributed by atoms with van der Waals surface area (Å²) in [4.78, 5) is 12.2. The number of amides is 1. The first-order valence-corrected chi connectivity index (χ1v) is 6.35. The number of hydrogen-bond donors (Lipinski definition) is 2. The maximum Gasteiger partial charge on any atom is 0.227 e. The number of hydrogen-bond acceptors (Lipinski definition) is 2. The minimum Gasteiger partial charge on any atom is -0.355 e. The summed E-state index contributed by atoms with van der Waals surface area (Å²) >= 11 is 0. The molecule has 1 atom stereocenters. The molecule has 1 aliphatic rings. The van der Waals surface area contributed by atoms with Crippen LogP contribution in [0, 0.1) is 5.41 Å². The van der Waals surface area contributed by atoms with Crippen molar-refractivity contribution in [3.63, 3.8) is 0 Å². The summed E-state index contributed by atoms with van der Waals surface area (Å²) in [5, 5.41) is 6.38. The van der Waals surface area contributed by atoms with E-state index >= 15 is 0 Å². The van der Waals surface area contributed by atoms with Crippen LogP contribution in [0.2, 0.25) is 0 Å². The molecule has 1 amide bonds. The Morgan fingerprint density at radius 2 is 2.44 bits per heavy atom. The smallest absolute Gasteiger partial charge is 0.227 e. The predicted molar refractivity (Wildman–Crippen MR) is 67.3 cm³/mol. The molecule has 1 saturated heterocycles. The fraction of sp³-hybridized carbons (Fsp3) is 0.769. The van der Waals surface area contributed by atoms with Gasteiger partial charge in [0.15, 0.2) is 0 Å². The van der Waals surface area contributed by atoms with Crippen LogP contribution in [0.1, 0.15) is 39.0 Å². The van der Waals surface area contributed by atoms with Gasteiger partial charge in [-0.1, -0.05) is 19.4 Å². The average molecular weight is 224 g/mol. The Labute approximate surface area is 98.7 Å². The van der Waals surface area contributed by atoms with E-state index in [4.69, 9.17) is 0 Å². The van der Waals surface area contributed by atoms with Crippen LogP contribution in [0.5, 0.6) is 0 Å². The molecule has 0 aromatic rings. The van der Waals surface area contributed by atoms with Gasteiger partial charge in [-0.05, 0) is 32.2 Å². The standard InChI is InChI=1S/C13H24N2O/c1-3-5-10-15-12(16)13(7-4-2)8-6-9-14-11-13/h3,14H,1,4-11H2,2H3,(H,15,16). The molecule has 1 fully saturated rings. The highest BCUT2D eigenvalue weighted by Crippen LogP contribution is 2.31. The highest BCUT2D eigenvalue weighted by atomic mass is 16.2. The lowest BCUT2D eigenvalue weighted by Gasteiger charge is -2.36. The Bertz CT molecular complexity index is 227. The summed E-state index contributed by atoms with van der Waals surface area (Å²) in [5.41, 5.74) is -0.159. The quantitative estimate of drug-likeness (QED) is 0.534. The third-order valence-electron chi connectivity index (χ3n) is 3.32. The normalized spacial score (nSPS) is 25.1. The molecule has 1 heterocycles. The lowest BCUT2D eigenvalue weighted by Crippen LogP contribution is -2.50. The van der Waals surface area contributed by atoms with Crippen LogP contribution in [0.15, 0.2) is 12.7 Å². The second-order valence-electron chi connectivity index (χ2n) is 4.64. The van der Waals surface area contributed by atoms with Crippen LogP contribution in [0.3, 0.4) is 0 Å². The van der Waals surface area contributed by atoms with Gasteiger partial charge in [0.25, 0.3) is 0 Å². The van der Waals surface area contributed by atoms with Crippen LogP contribution in [-0.4, -0.2) is 25.5 Å². The van der Waals surface area contributed by atoms with Crippen molar-refractivity contribution < 1.29 is 4.79 Å². The Hall–Kier alpha value is -0.830. The van der Waals surface area contributed by atoms with E-state index in [1.165, 1.54) is 0 Å². The van der Waals surface area contributed by atoms with E-state index in [-0.39, 0.29) is 11.3 Å². The monoisotopic (exact) mass is 224 g/mol. The van der Waals surface area contributed by atoms with Crippen molar-refractivity contribution in [2.45, 2.75) is 39.0 Å². The molecule has 16 heavy (non-hydrogen) atoms. The van der Waals surface area contributed by atoms with E-state index in [9.17, 15) is 4.79 Å². The molecule has 1 unspecified atom stereocenters. The maximum atomic E-state index is 12.2. The number of nitrogens with one attached hydrogen (secondary N) is 2. The zero-order chi connectivity index (χ0) is 11.9. The first-order valence-electron chi connectivity index (χ1n) is 6.35. The minimum atomic E-state index is -0.159. The minimum absolute atomic E-state index is 0.159. The molecule has 2 N–H and O–H groups in total. The third-order valence-corrected chi connectivity index (χ3v) is 3.32. The molecule has 3 nitrogen and oxygen atoms in total. The van der Waals surface area contributed by atoms with Crippen LogP contribution in [0.4, 0.5) is 0 Å². The van der Waals surface area contributed by atoms with Crippen molar-refractivity contribution in [3.8, 4) is 0 Å². The van der Waals surface area contributed by atoms with Crippen LogP contribution in [-0.2, 0) is 4.79 Å². The third kappa shape index (κ3) is 3.34. The molecule has 0 aromatic heterocycles. The summed E-state index contributed by atoms with van der Waals surface area (Å²) in [5.74, 6) is 0.225. The molecule has 92 valence electrons. The van der Waals surface area contributed by atoms with Gasteiger partial charge in [-0.3, -0.25) is 4.79 Å². The molecule has 0 bridgehead atoms. The first-order chi connectivity index (χ1) is 7.75. The molecule has 0 aliphatic carbocycles. The topological polar surface area (TPSA) is 41.1 Å². The lowest BCUT2D eigenvalue weighted by molar-refractivity contribution is -0.132. The van der Waals surface area contributed by atoms with E-state index in [1.54, 1.807) is 0 Å². The van der Waals surface area contributed by atoms with E-state index < -0.39 is 0 Å². The van der Waals surface area contributed by atoms with Crippen molar-refractivity contribution in [3.05, 3.63) is 12.7 Å². The van der Waals surface area contributed by atoms with Gasteiger partial charge in [-0.2, -0.15) is 0 Å². The molecule has 1 aliphatic heterocycles. The Balaban J connectivity index is 2.53. The average Bonchev–Trinajstić information content (AvgIpc) is 2.31. The molecule has 1 rings (SSSR count). The van der Waals surface area contributed by atoms with Crippen LogP contribution < -0.4 is 10.6 Å². The zero-order valence-electron chi connectivity index (χ0n) is 10.3. The van der Waals surface area contributed by atoms with Crippen molar-refractivity contribution in [1.82, 2.24) is 10.6 Å². The molecular weight excluding hydrogens is 200 g/mol. The Kier molecular flexibility index (Phi) is 5.53. The number of piperidine rings is 1. The summed E-state index contributed by atoms with van der Waals surface area (Å²) in [6, 6.07) is 0. The number of carbonyl (C=O) groups excluding carboxylic acids is 1. The largest absolute Gasteiger partial charge is 0.355 e. The Morgan fingerprint density at radius 3 is 3.00 bits per heavy atom. The van der Waals surface area contributed by atoms with Gasteiger partial charge in [0.1, 0.15) is 0 Å². The second-order valence-corrected chi connectivity index (χ2v) is 4.64. The fourth-order valence-electron chi connectivity index (χ4n) is 2.44. The summed E-state index contributed by atoms with van der Waals surface area (Å²) < 4.78 is 0. The van der Waals surface area contributed by atoms with E-state index in [0.717, 1.165) is 45.2 Å². The SMILES string of the molecule is C=CCCNC(=O)C1(CCC)CCCNC1. The molecule has 3 heteroatoms. The fourth-order valence-corrected chi connectivity index (χ4v) is 2.44. The second kappa shape index (κ2) is 6.69. The summed E-state index contributed by atoms with van der Waals surface area (Å²) in [7, 11) is 0. The van der Waals surface area contributed by atoms with Crippen LogP contribution in [0.25, 0.3) is 0 Å². The van der Waals surface area contributed by atoms with Gasteiger partial charge in [0.2, 0.25) is 5.91 Å². The molecule has 0 saturated carbocycles. The lowest BCUT2D eigenvalue weighted by atomic mass is 9.76. The summed E-state index contributed by atoms with van der Waals surface area (Å²) in [6.07, 6.45) is 6.87. The van der Waals surface area contributed by atoms with Crippen molar-refractivity contribution in [1.29, 1.82) is 0 Å². The molecule has 0 radical (unpaired) electrons. The van der Waals surface area contributed by atoms with Gasteiger partial charge >= 0.3 is 0 Å². The zero-order valence-corrected chi connectivity index (χ0v) is 10.3. The highest BCUT2D eigenvalue weighted by Gasteiger charge is 2.38. The van der Waals surface area contributed by atoms with Crippen molar-refractivity contribution in [2.75, 3.05) is 19.6 Å². The van der Waals surface area contributed by atoms with E-state index in [2.05, 4.69) is 24.1 Å². The predicted octanol–water partition coefficient (Wildman–Crippen LogP) is 1.85. The molecular formula is C13H24N2O. The van der Waals surface area contributed by atoms with Gasteiger partial charge in [0.05, 0.1) is 5.41 Å².